The van der Waals surface area contributed by atoms with Gasteiger partial charge in [-0.1, -0.05) is 31.2 Å². The molecule has 0 aliphatic heterocycles. The van der Waals surface area contributed by atoms with Gasteiger partial charge in [0.15, 0.2) is 0 Å². The molecule has 0 bridgehead atoms. The van der Waals surface area contributed by atoms with Gasteiger partial charge < -0.3 is 5.11 Å². The number of nitrogens with zero attached hydrogens (tertiary/aromatic N) is 2. The molecule has 0 fully saturated rings. The Morgan fingerprint density at radius 1 is 1.11 bits per heavy atom. The van der Waals surface area contributed by atoms with Crippen LogP contribution in [-0.4, -0.2) is 21.7 Å². The Bertz CT molecular complexity index is 521. The third-order valence-electron chi connectivity index (χ3n) is 2.89. The van der Waals surface area contributed by atoms with E-state index in [-0.39, 0.29) is 6.61 Å². The molecular weight excluding hydrogens is 224 g/mol. The lowest BCUT2D eigenvalue weighted by Gasteiger charge is -2.06. The van der Waals surface area contributed by atoms with E-state index in [1.807, 2.05) is 13.0 Å². The molecule has 94 valence electrons. The lowest BCUT2D eigenvalue weighted by Crippen LogP contribution is -2.01. The van der Waals surface area contributed by atoms with Gasteiger partial charge in [-0.25, -0.2) is 9.97 Å². The molecule has 0 amide bonds. The van der Waals surface area contributed by atoms with Crippen LogP contribution in [0.4, 0.5) is 0 Å². The largest absolute Gasteiger partial charge is 0.396 e. The van der Waals surface area contributed by atoms with Crippen molar-refractivity contribution in [1.82, 2.24) is 9.97 Å². The van der Waals surface area contributed by atoms with E-state index in [0.717, 1.165) is 23.4 Å². The van der Waals surface area contributed by atoms with Crippen molar-refractivity contribution in [3.05, 3.63) is 47.4 Å². The first kappa shape index (κ1) is 12.7. The fourth-order valence-electron chi connectivity index (χ4n) is 1.90. The molecule has 18 heavy (non-hydrogen) atoms. The van der Waals surface area contributed by atoms with Gasteiger partial charge in [0.25, 0.3) is 0 Å². The topological polar surface area (TPSA) is 46.0 Å². The third-order valence-corrected chi connectivity index (χ3v) is 2.89. The molecule has 0 saturated heterocycles. The van der Waals surface area contributed by atoms with Crippen LogP contribution in [0.15, 0.2) is 30.3 Å². The summed E-state index contributed by atoms with van der Waals surface area (Å²) in [6, 6.07) is 10.4. The molecule has 1 N–H and O–H groups in total. The van der Waals surface area contributed by atoms with Gasteiger partial charge >= 0.3 is 0 Å². The van der Waals surface area contributed by atoms with Crippen molar-refractivity contribution in [3.63, 3.8) is 0 Å². The highest BCUT2D eigenvalue weighted by Crippen LogP contribution is 2.18. The average molecular weight is 242 g/mol. The Morgan fingerprint density at radius 2 is 1.83 bits per heavy atom. The minimum absolute atomic E-state index is 0.0810. The highest BCUT2D eigenvalue weighted by molar-refractivity contribution is 5.59. The smallest absolute Gasteiger partial charge is 0.131 e. The van der Waals surface area contributed by atoms with Crippen LogP contribution in [0.3, 0.4) is 0 Å². The molecule has 0 unspecified atom stereocenters. The minimum atomic E-state index is 0.0810. The summed E-state index contributed by atoms with van der Waals surface area (Å²) in [6.45, 7) is 4.17. The van der Waals surface area contributed by atoms with Gasteiger partial charge in [-0.3, -0.25) is 0 Å². The zero-order chi connectivity index (χ0) is 13.0. The van der Waals surface area contributed by atoms with Gasteiger partial charge in [0.2, 0.25) is 0 Å². The molecule has 0 aliphatic carbocycles. The van der Waals surface area contributed by atoms with E-state index in [2.05, 4.69) is 41.2 Å². The predicted molar refractivity (Wildman–Crippen MR) is 72.4 cm³/mol. The first-order valence-corrected chi connectivity index (χ1v) is 6.27. The van der Waals surface area contributed by atoms with E-state index in [0.29, 0.717) is 12.2 Å². The average Bonchev–Trinajstić information content (AvgIpc) is 2.38. The molecule has 0 atom stereocenters. The van der Waals surface area contributed by atoms with Crippen molar-refractivity contribution < 1.29 is 5.11 Å². The fourth-order valence-corrected chi connectivity index (χ4v) is 1.90. The predicted octanol–water partition coefficient (Wildman–Crippen LogP) is 2.55. The summed E-state index contributed by atoms with van der Waals surface area (Å²) in [7, 11) is 0. The van der Waals surface area contributed by atoms with Crippen LogP contribution in [0.1, 0.15) is 24.0 Å². The number of hydrogen-bond acceptors (Lipinski definition) is 3. The number of rotatable bonds is 4. The van der Waals surface area contributed by atoms with Crippen LogP contribution in [0.2, 0.25) is 0 Å². The Hall–Kier alpha value is -1.74. The monoisotopic (exact) mass is 242 g/mol. The van der Waals surface area contributed by atoms with E-state index in [4.69, 9.17) is 5.11 Å². The highest BCUT2D eigenvalue weighted by Gasteiger charge is 2.04. The van der Waals surface area contributed by atoms with E-state index in [9.17, 15) is 0 Å². The highest BCUT2D eigenvalue weighted by atomic mass is 16.3. The maximum Gasteiger partial charge on any atom is 0.131 e. The van der Waals surface area contributed by atoms with Gasteiger partial charge in [-0.2, -0.15) is 0 Å². The lowest BCUT2D eigenvalue weighted by molar-refractivity contribution is 0.296. The van der Waals surface area contributed by atoms with E-state index < -0.39 is 0 Å². The number of aliphatic hydroxyl groups excluding tert-OH is 1. The number of aliphatic hydroxyl groups is 1. The van der Waals surface area contributed by atoms with Crippen molar-refractivity contribution in [2.24, 2.45) is 0 Å². The first-order chi connectivity index (χ1) is 8.72. The summed E-state index contributed by atoms with van der Waals surface area (Å²) in [5, 5.41) is 8.96. The van der Waals surface area contributed by atoms with Crippen molar-refractivity contribution >= 4 is 0 Å². The molecule has 0 radical (unpaired) electrons. The first-order valence-electron chi connectivity index (χ1n) is 6.27. The zero-order valence-corrected chi connectivity index (χ0v) is 10.8. The molecule has 1 aromatic heterocycles. The summed E-state index contributed by atoms with van der Waals surface area (Å²) in [6.07, 6.45) is 1.54. The maximum absolute atomic E-state index is 8.96. The second-order valence-corrected chi connectivity index (χ2v) is 4.33. The van der Waals surface area contributed by atoms with Crippen LogP contribution in [0.25, 0.3) is 11.3 Å². The zero-order valence-electron chi connectivity index (χ0n) is 10.8. The number of aromatic nitrogens is 2. The summed E-state index contributed by atoms with van der Waals surface area (Å²) < 4.78 is 0. The van der Waals surface area contributed by atoms with Crippen LogP contribution in [0.5, 0.6) is 0 Å². The number of aryl methyl sites for hydroxylation is 2. The lowest BCUT2D eigenvalue weighted by atomic mass is 10.1. The minimum Gasteiger partial charge on any atom is -0.396 e. The van der Waals surface area contributed by atoms with Gasteiger partial charge in [0.1, 0.15) is 5.82 Å². The van der Waals surface area contributed by atoms with E-state index in [1.54, 1.807) is 0 Å². The Kier molecular flexibility index (Phi) is 4.05. The Morgan fingerprint density at radius 3 is 2.44 bits per heavy atom. The van der Waals surface area contributed by atoms with E-state index >= 15 is 0 Å². The van der Waals surface area contributed by atoms with Crippen molar-refractivity contribution in [2.75, 3.05) is 6.61 Å². The normalized spacial score (nSPS) is 10.6. The van der Waals surface area contributed by atoms with Crippen molar-refractivity contribution in [1.29, 1.82) is 0 Å². The molecule has 0 saturated carbocycles. The SMILES string of the molecule is CCc1ccc(-c2cc(C)nc(CCO)n2)cc1. The molecule has 0 spiro atoms. The van der Waals surface area contributed by atoms with Crippen LogP contribution < -0.4 is 0 Å². The Balaban J connectivity index is 2.36. The fraction of sp³-hybridized carbons (Fsp3) is 0.333. The summed E-state index contributed by atoms with van der Waals surface area (Å²) in [5.74, 6) is 0.701. The van der Waals surface area contributed by atoms with Crippen molar-refractivity contribution in [3.8, 4) is 11.3 Å². The number of benzene rings is 1. The second-order valence-electron chi connectivity index (χ2n) is 4.33. The molecule has 2 aromatic rings. The Labute approximate surface area is 108 Å². The summed E-state index contributed by atoms with van der Waals surface area (Å²) >= 11 is 0. The van der Waals surface area contributed by atoms with Crippen LogP contribution >= 0.6 is 0 Å². The van der Waals surface area contributed by atoms with Crippen LogP contribution in [0, 0.1) is 6.92 Å². The standard InChI is InChI=1S/C15H18N2O/c1-3-12-4-6-13(7-5-12)14-10-11(2)16-15(17-14)8-9-18/h4-7,10,18H,3,8-9H2,1-2H3. The van der Waals surface area contributed by atoms with E-state index in [1.165, 1.54) is 5.56 Å². The summed E-state index contributed by atoms with van der Waals surface area (Å²) in [4.78, 5) is 8.79. The van der Waals surface area contributed by atoms with Gasteiger partial charge in [0.05, 0.1) is 12.3 Å². The van der Waals surface area contributed by atoms with Gasteiger partial charge in [0, 0.05) is 17.7 Å². The third kappa shape index (κ3) is 2.93. The molecule has 0 aliphatic rings. The number of hydrogen-bond donors (Lipinski definition) is 1. The van der Waals surface area contributed by atoms with Gasteiger partial charge in [-0.15, -0.1) is 0 Å². The molecule has 3 nitrogen and oxygen atoms in total. The molecule has 2 rings (SSSR count). The maximum atomic E-state index is 8.96. The quantitative estimate of drug-likeness (QED) is 0.896. The molecular formula is C15H18N2O. The summed E-state index contributed by atoms with van der Waals surface area (Å²) in [5.41, 5.74) is 4.27. The van der Waals surface area contributed by atoms with Crippen molar-refractivity contribution in [2.45, 2.75) is 26.7 Å². The van der Waals surface area contributed by atoms with Gasteiger partial charge in [-0.05, 0) is 25.0 Å². The molecule has 3 heteroatoms. The molecule has 1 aromatic carbocycles. The second kappa shape index (κ2) is 5.74. The molecule has 1 heterocycles. The van der Waals surface area contributed by atoms with Crippen LogP contribution in [-0.2, 0) is 12.8 Å².